The summed E-state index contributed by atoms with van der Waals surface area (Å²) >= 11 is 0. The standard InChI is InChI=1S/C27H40N4O/c1-26(2)11-12-27(3,4)23-20-21(8-9-22(23)26)24-10-13-28-25(29-24)31-17-15-30(16-18-31)14-6-5-7-19-32/h8-10,13,20,32H,5-7,11-12,14-19H2,1-4H3. The van der Waals surface area contributed by atoms with Crippen LogP contribution in [0.3, 0.4) is 0 Å². The van der Waals surface area contributed by atoms with Crippen molar-refractivity contribution in [3.63, 3.8) is 0 Å². The summed E-state index contributed by atoms with van der Waals surface area (Å²) in [6.07, 6.45) is 7.55. The molecular weight excluding hydrogens is 396 g/mol. The Bertz CT molecular complexity index is 916. The van der Waals surface area contributed by atoms with Gasteiger partial charge in [-0.25, -0.2) is 9.97 Å². The van der Waals surface area contributed by atoms with E-state index in [1.165, 1.54) is 29.5 Å². The van der Waals surface area contributed by atoms with E-state index in [9.17, 15) is 0 Å². The normalized spacial score (nSPS) is 20.2. The minimum absolute atomic E-state index is 0.199. The molecule has 5 heteroatoms. The highest BCUT2D eigenvalue weighted by Gasteiger charge is 2.37. The molecule has 1 aromatic carbocycles. The molecule has 174 valence electrons. The van der Waals surface area contributed by atoms with Crippen molar-refractivity contribution in [2.45, 2.75) is 70.6 Å². The topological polar surface area (TPSA) is 52.5 Å². The van der Waals surface area contributed by atoms with Crippen molar-refractivity contribution < 1.29 is 5.11 Å². The van der Waals surface area contributed by atoms with E-state index in [4.69, 9.17) is 10.1 Å². The van der Waals surface area contributed by atoms with Crippen LogP contribution in [0.15, 0.2) is 30.5 Å². The number of aliphatic hydroxyl groups is 1. The summed E-state index contributed by atoms with van der Waals surface area (Å²) in [6, 6.07) is 9.01. The van der Waals surface area contributed by atoms with Crippen molar-refractivity contribution in [1.29, 1.82) is 0 Å². The van der Waals surface area contributed by atoms with Crippen molar-refractivity contribution in [1.82, 2.24) is 14.9 Å². The second-order valence-electron chi connectivity index (χ2n) is 10.9. The van der Waals surface area contributed by atoms with Gasteiger partial charge >= 0.3 is 0 Å². The fraction of sp³-hybridized carbons (Fsp3) is 0.630. The molecule has 32 heavy (non-hydrogen) atoms. The summed E-state index contributed by atoms with van der Waals surface area (Å²) in [5.74, 6) is 0.847. The third-order valence-corrected chi connectivity index (χ3v) is 7.58. The number of unbranched alkanes of at least 4 members (excludes halogenated alkanes) is 2. The molecule has 2 heterocycles. The Balaban J connectivity index is 1.47. The number of nitrogens with zero attached hydrogens (tertiary/aromatic N) is 4. The molecule has 4 rings (SSSR count). The molecule has 1 fully saturated rings. The van der Waals surface area contributed by atoms with Crippen LogP contribution >= 0.6 is 0 Å². The quantitative estimate of drug-likeness (QED) is 0.633. The van der Waals surface area contributed by atoms with Gasteiger partial charge in [-0.3, -0.25) is 4.90 Å². The number of hydrogen-bond acceptors (Lipinski definition) is 5. The lowest BCUT2D eigenvalue weighted by Crippen LogP contribution is -2.47. The molecule has 5 nitrogen and oxygen atoms in total. The van der Waals surface area contributed by atoms with E-state index in [1.807, 2.05) is 12.3 Å². The predicted octanol–water partition coefficient (Wildman–Crippen LogP) is 4.78. The molecule has 1 N–H and O–H groups in total. The Hall–Kier alpha value is -1.98. The molecule has 0 spiro atoms. The zero-order valence-electron chi connectivity index (χ0n) is 20.4. The number of hydrogen-bond donors (Lipinski definition) is 1. The van der Waals surface area contributed by atoms with Gasteiger partial charge in [-0.05, 0) is 72.7 Å². The van der Waals surface area contributed by atoms with Crippen LogP contribution in [-0.4, -0.2) is 59.3 Å². The van der Waals surface area contributed by atoms with Crippen LogP contribution in [0.2, 0.25) is 0 Å². The Kier molecular flexibility index (Phi) is 6.87. The molecule has 0 atom stereocenters. The van der Waals surface area contributed by atoms with Crippen molar-refractivity contribution in [2.75, 3.05) is 44.2 Å². The molecule has 0 bridgehead atoms. The van der Waals surface area contributed by atoms with E-state index in [1.54, 1.807) is 0 Å². The maximum Gasteiger partial charge on any atom is 0.225 e. The third-order valence-electron chi connectivity index (χ3n) is 7.58. The van der Waals surface area contributed by atoms with Crippen molar-refractivity contribution in [3.8, 4) is 11.3 Å². The van der Waals surface area contributed by atoms with Crippen LogP contribution in [-0.2, 0) is 10.8 Å². The zero-order chi connectivity index (χ0) is 22.8. The highest BCUT2D eigenvalue weighted by Crippen LogP contribution is 2.46. The Morgan fingerprint density at radius 2 is 1.59 bits per heavy atom. The zero-order valence-corrected chi connectivity index (χ0v) is 20.4. The van der Waals surface area contributed by atoms with Gasteiger partial charge in [0.1, 0.15) is 0 Å². The number of piperazine rings is 1. The first-order valence-corrected chi connectivity index (χ1v) is 12.4. The molecule has 1 aliphatic heterocycles. The van der Waals surface area contributed by atoms with Crippen LogP contribution in [0.25, 0.3) is 11.3 Å². The lowest BCUT2D eigenvalue weighted by Gasteiger charge is -2.42. The SMILES string of the molecule is CC1(C)CCC(C)(C)c2cc(-c3ccnc(N4CCN(CCCCCO)CC4)n3)ccc21. The monoisotopic (exact) mass is 436 g/mol. The largest absolute Gasteiger partial charge is 0.396 e. The molecular formula is C27H40N4O. The number of aromatic nitrogens is 2. The van der Waals surface area contributed by atoms with Gasteiger partial charge in [-0.15, -0.1) is 0 Å². The number of benzene rings is 1. The Morgan fingerprint density at radius 1 is 0.875 bits per heavy atom. The van der Waals surface area contributed by atoms with Gasteiger partial charge in [-0.2, -0.15) is 0 Å². The number of rotatable bonds is 7. The fourth-order valence-electron chi connectivity index (χ4n) is 5.21. The number of fused-ring (bicyclic) bond motifs is 1. The van der Waals surface area contributed by atoms with Crippen molar-refractivity contribution in [2.24, 2.45) is 0 Å². The summed E-state index contributed by atoms with van der Waals surface area (Å²) in [5.41, 5.74) is 5.61. The average molecular weight is 437 g/mol. The van der Waals surface area contributed by atoms with Crippen molar-refractivity contribution >= 4 is 5.95 Å². The molecule has 2 aromatic rings. The summed E-state index contributed by atoms with van der Waals surface area (Å²) in [5, 5.41) is 8.94. The summed E-state index contributed by atoms with van der Waals surface area (Å²) in [6.45, 7) is 15.0. The fourth-order valence-corrected chi connectivity index (χ4v) is 5.21. The van der Waals surface area contributed by atoms with Crippen LogP contribution in [0.5, 0.6) is 0 Å². The minimum atomic E-state index is 0.199. The van der Waals surface area contributed by atoms with E-state index >= 15 is 0 Å². The van der Waals surface area contributed by atoms with E-state index in [-0.39, 0.29) is 10.8 Å². The van der Waals surface area contributed by atoms with Crippen LogP contribution < -0.4 is 4.90 Å². The molecule has 0 amide bonds. The smallest absolute Gasteiger partial charge is 0.225 e. The minimum Gasteiger partial charge on any atom is -0.396 e. The molecule has 0 saturated carbocycles. The van der Waals surface area contributed by atoms with Gasteiger partial charge in [0.25, 0.3) is 0 Å². The summed E-state index contributed by atoms with van der Waals surface area (Å²) in [7, 11) is 0. The third kappa shape index (κ3) is 4.99. The van der Waals surface area contributed by atoms with Crippen LogP contribution in [0.1, 0.15) is 70.9 Å². The second kappa shape index (κ2) is 9.48. The average Bonchev–Trinajstić information content (AvgIpc) is 2.80. The van der Waals surface area contributed by atoms with Gasteiger partial charge in [0.15, 0.2) is 0 Å². The molecule has 1 aromatic heterocycles. The van der Waals surface area contributed by atoms with Gasteiger partial charge in [0.2, 0.25) is 5.95 Å². The second-order valence-corrected chi connectivity index (χ2v) is 10.9. The first kappa shape index (κ1) is 23.2. The lowest BCUT2D eigenvalue weighted by atomic mass is 9.63. The van der Waals surface area contributed by atoms with Gasteiger partial charge < -0.3 is 10.0 Å². The highest BCUT2D eigenvalue weighted by atomic mass is 16.2. The molecule has 0 unspecified atom stereocenters. The Morgan fingerprint density at radius 3 is 2.31 bits per heavy atom. The molecule has 1 saturated heterocycles. The van der Waals surface area contributed by atoms with Gasteiger partial charge in [0, 0.05) is 44.5 Å². The molecule has 0 radical (unpaired) electrons. The first-order chi connectivity index (χ1) is 15.3. The van der Waals surface area contributed by atoms with E-state index in [0.717, 1.165) is 63.6 Å². The lowest BCUT2D eigenvalue weighted by molar-refractivity contribution is 0.241. The van der Waals surface area contributed by atoms with E-state index < -0.39 is 0 Å². The summed E-state index contributed by atoms with van der Waals surface area (Å²) in [4.78, 5) is 14.4. The summed E-state index contributed by atoms with van der Waals surface area (Å²) < 4.78 is 0. The predicted molar refractivity (Wildman–Crippen MR) is 132 cm³/mol. The first-order valence-electron chi connectivity index (χ1n) is 12.4. The maximum absolute atomic E-state index is 8.94. The van der Waals surface area contributed by atoms with Crippen LogP contribution in [0.4, 0.5) is 5.95 Å². The van der Waals surface area contributed by atoms with E-state index in [0.29, 0.717) is 6.61 Å². The Labute approximate surface area is 193 Å². The van der Waals surface area contributed by atoms with Crippen molar-refractivity contribution in [3.05, 3.63) is 41.6 Å². The molecule has 2 aliphatic rings. The van der Waals surface area contributed by atoms with Gasteiger partial charge in [-0.1, -0.05) is 39.8 Å². The van der Waals surface area contributed by atoms with Crippen LogP contribution in [0, 0.1) is 0 Å². The molecule has 1 aliphatic carbocycles. The van der Waals surface area contributed by atoms with E-state index in [2.05, 4.69) is 60.7 Å². The number of anilines is 1. The highest BCUT2D eigenvalue weighted by molar-refractivity contribution is 5.64. The number of aliphatic hydroxyl groups excluding tert-OH is 1. The van der Waals surface area contributed by atoms with Gasteiger partial charge in [0.05, 0.1) is 5.69 Å². The maximum atomic E-state index is 8.94.